The van der Waals surface area contributed by atoms with Crippen LogP contribution in [0.5, 0.6) is 0 Å². The Morgan fingerprint density at radius 1 is 1.31 bits per heavy atom. The van der Waals surface area contributed by atoms with Crippen LogP contribution in [-0.4, -0.2) is 59.6 Å². The molecule has 4 rings (SSSR count). The van der Waals surface area contributed by atoms with E-state index in [1.54, 1.807) is 11.3 Å². The summed E-state index contributed by atoms with van der Waals surface area (Å²) in [5, 5.41) is 4.61. The Balaban J connectivity index is 1.63. The summed E-state index contributed by atoms with van der Waals surface area (Å²) in [5.74, 6) is 0.929. The highest BCUT2D eigenvalue weighted by Crippen LogP contribution is 2.43. The summed E-state index contributed by atoms with van der Waals surface area (Å²) in [7, 11) is -2.87. The van der Waals surface area contributed by atoms with E-state index in [4.69, 9.17) is 9.52 Å². The lowest BCUT2D eigenvalue weighted by Crippen LogP contribution is -2.66. The van der Waals surface area contributed by atoms with Gasteiger partial charge in [0.25, 0.3) is 7.82 Å². The number of phosphoric acid groups is 1. The molecule has 1 aromatic heterocycles. The number of anilines is 2. The summed E-state index contributed by atoms with van der Waals surface area (Å²) in [6, 6.07) is 10.2. The van der Waals surface area contributed by atoms with Gasteiger partial charge in [0.2, 0.25) is 6.23 Å². The Kier molecular flexibility index (Phi) is 6.03. The fourth-order valence-electron chi connectivity index (χ4n) is 4.69. The summed E-state index contributed by atoms with van der Waals surface area (Å²) in [6.07, 6.45) is -0.685. The van der Waals surface area contributed by atoms with E-state index < -0.39 is 19.5 Å². The summed E-state index contributed by atoms with van der Waals surface area (Å²) >= 11 is 1.71. The second-order valence-electron chi connectivity index (χ2n) is 9.88. The Labute approximate surface area is 193 Å². The first-order valence-electron chi connectivity index (χ1n) is 10.7. The number of nitrogens with zero attached hydrogens (tertiary/aromatic N) is 3. The molecule has 0 radical (unpaired) electrons. The molecule has 0 spiro atoms. The molecule has 2 atom stereocenters. The van der Waals surface area contributed by atoms with Crippen molar-refractivity contribution in [1.29, 1.82) is 0 Å². The maximum absolute atomic E-state index is 11.6. The van der Waals surface area contributed by atoms with Crippen molar-refractivity contribution in [3.8, 4) is 0 Å². The van der Waals surface area contributed by atoms with Crippen molar-refractivity contribution >= 4 is 41.4 Å². The van der Waals surface area contributed by atoms with Crippen LogP contribution in [0.2, 0.25) is 0 Å². The fraction of sp³-hybridized carbons (Fsp3) is 0.500. The number of hydrogen-bond acceptors (Lipinski definition) is 7. The van der Waals surface area contributed by atoms with Crippen molar-refractivity contribution in [3.05, 3.63) is 40.8 Å². The Morgan fingerprint density at radius 2 is 1.97 bits per heavy atom. The predicted octanol–water partition coefficient (Wildman–Crippen LogP) is 3.80. The van der Waals surface area contributed by atoms with Crippen LogP contribution in [0, 0.1) is 12.3 Å². The number of aryl methyl sites for hydroxylation is 1. The number of nitrogens with one attached hydrogen (secondary N) is 1. The van der Waals surface area contributed by atoms with Gasteiger partial charge in [-0.25, -0.2) is 4.99 Å². The molecule has 0 amide bonds. The van der Waals surface area contributed by atoms with Crippen molar-refractivity contribution in [2.45, 2.75) is 33.9 Å². The molecule has 8 nitrogen and oxygen atoms in total. The minimum Gasteiger partial charge on any atom is -0.756 e. The summed E-state index contributed by atoms with van der Waals surface area (Å²) in [6.45, 7) is 10.6. The van der Waals surface area contributed by atoms with Gasteiger partial charge in [0.1, 0.15) is 10.8 Å². The number of fused-ring (bicyclic) bond motifs is 2. The molecule has 1 fully saturated rings. The van der Waals surface area contributed by atoms with Gasteiger partial charge in [-0.1, -0.05) is 32.9 Å². The molecule has 2 aliphatic rings. The highest BCUT2D eigenvalue weighted by Gasteiger charge is 2.46. The standard InChI is InChI=1S/C22H31N4O4PS/c1-15-14-16-19(23-17-8-6-7-9-18(17)24-20(16)32-15)25-10-12-26(5,13-11-25)21(22(2,3)4)30-31(27,28)29/h6-9,14,21,24H,10-13H2,1-5H3,(H-,27,28,29). The Morgan fingerprint density at radius 3 is 2.59 bits per heavy atom. The van der Waals surface area contributed by atoms with Crippen LogP contribution in [0.3, 0.4) is 0 Å². The fourth-order valence-corrected chi connectivity index (χ4v) is 6.41. The summed E-state index contributed by atoms with van der Waals surface area (Å²) < 4.78 is 17.2. The van der Waals surface area contributed by atoms with Gasteiger partial charge < -0.3 is 20.0 Å². The van der Waals surface area contributed by atoms with E-state index >= 15 is 0 Å². The molecule has 2 aliphatic heterocycles. The van der Waals surface area contributed by atoms with Crippen LogP contribution in [0.1, 0.15) is 31.2 Å². The lowest BCUT2D eigenvalue weighted by molar-refractivity contribution is -0.962. The first-order valence-corrected chi connectivity index (χ1v) is 13.0. The van der Waals surface area contributed by atoms with Gasteiger partial charge in [0, 0.05) is 10.3 Å². The smallest absolute Gasteiger partial charge is 0.269 e. The maximum Gasteiger partial charge on any atom is 0.269 e. The second-order valence-corrected chi connectivity index (χ2v) is 12.3. The molecule has 32 heavy (non-hydrogen) atoms. The van der Waals surface area contributed by atoms with Crippen molar-refractivity contribution in [2.75, 3.05) is 38.5 Å². The highest BCUT2D eigenvalue weighted by molar-refractivity contribution is 7.44. The number of likely N-dealkylation sites (N-methyl/N-ethyl adjacent to an activating group) is 1. The highest BCUT2D eigenvalue weighted by atomic mass is 32.1. The number of para-hydroxylation sites is 2. The quantitative estimate of drug-likeness (QED) is 0.515. The van der Waals surface area contributed by atoms with E-state index in [1.165, 1.54) is 4.88 Å². The zero-order valence-corrected chi connectivity index (χ0v) is 20.9. The second kappa shape index (κ2) is 8.24. The zero-order valence-electron chi connectivity index (χ0n) is 19.2. The van der Waals surface area contributed by atoms with Gasteiger partial charge >= 0.3 is 0 Å². The van der Waals surface area contributed by atoms with Gasteiger partial charge in [-0.05, 0) is 25.1 Å². The molecular formula is C22H31N4O4PS. The Bertz CT molecular complexity index is 1080. The van der Waals surface area contributed by atoms with E-state index in [0.29, 0.717) is 30.7 Å². The molecule has 0 aliphatic carbocycles. The predicted molar refractivity (Wildman–Crippen MR) is 127 cm³/mol. The van der Waals surface area contributed by atoms with Crippen LogP contribution >= 0.6 is 19.2 Å². The number of amidine groups is 1. The molecule has 2 N–H and O–H groups in total. The van der Waals surface area contributed by atoms with E-state index in [2.05, 4.69) is 23.2 Å². The maximum atomic E-state index is 11.6. The van der Waals surface area contributed by atoms with Gasteiger partial charge in [-0.3, -0.25) is 13.6 Å². The molecule has 10 heteroatoms. The number of phosphoric ester groups is 1. The van der Waals surface area contributed by atoms with Crippen molar-refractivity contribution < 1.29 is 23.4 Å². The lowest BCUT2D eigenvalue weighted by atomic mass is 9.91. The van der Waals surface area contributed by atoms with Crippen molar-refractivity contribution in [1.82, 2.24) is 4.90 Å². The van der Waals surface area contributed by atoms with Gasteiger partial charge in [0.05, 0.1) is 50.2 Å². The molecule has 1 saturated heterocycles. The normalized spacial score (nSPS) is 20.8. The van der Waals surface area contributed by atoms with Crippen LogP contribution in [-0.2, 0) is 9.09 Å². The van der Waals surface area contributed by atoms with Gasteiger partial charge in [-0.15, -0.1) is 11.3 Å². The number of rotatable bonds is 3. The number of aliphatic imine (C=N–C) groups is 1. The average molecular weight is 479 g/mol. The molecule has 174 valence electrons. The van der Waals surface area contributed by atoms with Crippen molar-refractivity contribution in [3.63, 3.8) is 0 Å². The number of benzene rings is 1. The number of quaternary nitrogens is 1. The minimum absolute atomic E-state index is 0.393. The summed E-state index contributed by atoms with van der Waals surface area (Å²) in [4.78, 5) is 29.5. The summed E-state index contributed by atoms with van der Waals surface area (Å²) in [5.41, 5.74) is 2.50. The van der Waals surface area contributed by atoms with E-state index in [9.17, 15) is 14.4 Å². The van der Waals surface area contributed by atoms with Gasteiger partial charge in [0.15, 0.2) is 0 Å². The first-order chi connectivity index (χ1) is 14.9. The van der Waals surface area contributed by atoms with E-state index in [-0.39, 0.29) is 0 Å². The van der Waals surface area contributed by atoms with Crippen LogP contribution in [0.15, 0.2) is 35.3 Å². The molecular weight excluding hydrogens is 447 g/mol. The largest absolute Gasteiger partial charge is 0.756 e. The Hall–Kier alpha value is -1.74. The number of piperazine rings is 1. The molecule has 1 aromatic carbocycles. The third-order valence-electron chi connectivity index (χ3n) is 6.08. The lowest BCUT2D eigenvalue weighted by Gasteiger charge is -2.51. The third kappa shape index (κ3) is 4.78. The molecule has 3 heterocycles. The van der Waals surface area contributed by atoms with E-state index in [1.807, 2.05) is 52.1 Å². The average Bonchev–Trinajstić information content (AvgIpc) is 2.97. The van der Waals surface area contributed by atoms with Crippen LogP contribution < -0.4 is 10.2 Å². The molecule has 0 saturated carbocycles. The molecule has 0 bridgehead atoms. The molecule has 2 unspecified atom stereocenters. The minimum atomic E-state index is -4.86. The van der Waals surface area contributed by atoms with Crippen molar-refractivity contribution in [2.24, 2.45) is 10.4 Å². The van der Waals surface area contributed by atoms with Crippen LogP contribution in [0.4, 0.5) is 16.4 Å². The first kappa shape index (κ1) is 23.4. The third-order valence-corrected chi connectivity index (χ3v) is 7.51. The number of thiophene rings is 1. The van der Waals surface area contributed by atoms with Gasteiger partial charge in [-0.2, -0.15) is 0 Å². The zero-order chi connectivity index (χ0) is 23.3. The SMILES string of the molecule is Cc1cc2c(s1)Nc1ccccc1N=C2N1CC[N+](C)(C(OP(=O)([O-])O)C(C)(C)C)CC1. The van der Waals surface area contributed by atoms with E-state index in [0.717, 1.165) is 27.8 Å². The molecule has 2 aromatic rings. The number of hydrogen-bond donors (Lipinski definition) is 2. The van der Waals surface area contributed by atoms with Crippen LogP contribution in [0.25, 0.3) is 0 Å². The monoisotopic (exact) mass is 478 g/mol. The topological polar surface area (TPSA) is 97.2 Å².